The third kappa shape index (κ3) is 6.54. The topological polar surface area (TPSA) is 57.2 Å². The molecule has 0 saturated heterocycles. The first-order valence-corrected chi connectivity index (χ1v) is 25.8. The van der Waals surface area contributed by atoms with Crippen LogP contribution in [0.1, 0.15) is 50.6 Å². The molecule has 0 radical (unpaired) electrons. The van der Waals surface area contributed by atoms with Crippen LogP contribution in [0.5, 0.6) is 0 Å². The molecule has 2 aromatic heterocycles. The van der Waals surface area contributed by atoms with Gasteiger partial charge in [-0.25, -0.2) is 0 Å². The second kappa shape index (κ2) is 16.9. The maximum Gasteiger partial charge on any atom is 0.135 e. The molecule has 5 nitrogen and oxygen atoms in total. The monoisotopic (exact) mass is 960 g/mol. The van der Waals surface area contributed by atoms with Gasteiger partial charge in [-0.05, 0) is 116 Å². The molecule has 0 bridgehead atoms. The minimum absolute atomic E-state index is 0.0228. The Kier molecular flexibility index (Phi) is 9.70. The van der Waals surface area contributed by atoms with Gasteiger partial charge in [0.1, 0.15) is 11.3 Å². The summed E-state index contributed by atoms with van der Waals surface area (Å²) in [6, 6.07) is 89.4. The van der Waals surface area contributed by atoms with Gasteiger partial charge in [-0.15, -0.1) is 0 Å². The minimum atomic E-state index is -0.588. The summed E-state index contributed by atoms with van der Waals surface area (Å²) in [6.45, 7) is 0. The molecule has 0 amide bonds. The predicted molar refractivity (Wildman–Crippen MR) is 308 cm³/mol. The quantitative estimate of drug-likeness (QED) is 0.149. The van der Waals surface area contributed by atoms with Crippen LogP contribution in [0, 0.1) is 11.3 Å². The first-order chi connectivity index (χ1) is 37.1. The summed E-state index contributed by atoms with van der Waals surface area (Å²) < 4.78 is 9.04. The highest BCUT2D eigenvalue weighted by Gasteiger charge is 2.59. The molecule has 1 aliphatic heterocycles. The Bertz CT molecular complexity index is 4320. The van der Waals surface area contributed by atoms with Crippen LogP contribution in [0.15, 0.2) is 265 Å². The fourth-order valence-electron chi connectivity index (χ4n) is 13.0. The van der Waals surface area contributed by atoms with Crippen molar-refractivity contribution in [1.82, 2.24) is 9.99 Å². The van der Waals surface area contributed by atoms with Crippen LogP contribution in [0.3, 0.4) is 0 Å². The molecule has 2 aliphatic carbocycles. The average Bonchev–Trinajstić information content (AvgIpc) is 4.35. The van der Waals surface area contributed by atoms with Crippen molar-refractivity contribution in [2.75, 3.05) is 5.01 Å². The highest BCUT2D eigenvalue weighted by Crippen LogP contribution is 2.67. The van der Waals surface area contributed by atoms with E-state index in [-0.39, 0.29) is 11.8 Å². The summed E-state index contributed by atoms with van der Waals surface area (Å²) in [4.78, 5) is 0. The van der Waals surface area contributed by atoms with E-state index in [9.17, 15) is 5.41 Å². The zero-order valence-electron chi connectivity index (χ0n) is 40.9. The van der Waals surface area contributed by atoms with Gasteiger partial charge in [0.25, 0.3) is 0 Å². The Morgan fingerprint density at radius 1 is 0.493 bits per heavy atom. The molecule has 3 unspecified atom stereocenters. The smallest absolute Gasteiger partial charge is 0.135 e. The zero-order valence-corrected chi connectivity index (χ0v) is 40.9. The Morgan fingerprint density at radius 2 is 1.12 bits per heavy atom. The predicted octanol–water partition coefficient (Wildman–Crippen LogP) is 17.1. The molecule has 354 valence electrons. The molecule has 15 rings (SSSR count). The molecular formula is C70H48N4O. The summed E-state index contributed by atoms with van der Waals surface area (Å²) in [5.74, 6) is 1.00. The number of nitrogens with one attached hydrogen (secondary N) is 2. The third-order valence-electron chi connectivity index (χ3n) is 16.1. The lowest BCUT2D eigenvalue weighted by molar-refractivity contribution is 0.441. The van der Waals surface area contributed by atoms with Crippen LogP contribution in [0.4, 0.5) is 11.4 Å². The highest BCUT2D eigenvalue weighted by molar-refractivity contribution is 6.11. The van der Waals surface area contributed by atoms with E-state index in [0.29, 0.717) is 5.71 Å². The van der Waals surface area contributed by atoms with Crippen molar-refractivity contribution in [3.8, 4) is 27.9 Å². The average molecular weight is 961 g/mol. The third-order valence-corrected chi connectivity index (χ3v) is 16.1. The number of hydrogen-bond donors (Lipinski definition) is 2. The number of hydrazine groups is 1. The maximum absolute atomic E-state index is 9.46. The SMILES string of the molecule is N=C(/C=C(\NN1c2ccccc2C2(c3ccccc3C3c4c(oc5ccccc45)C=CC32)c2ccc(-c3ccc4c(c3)c3ccccc3n4-c3cccc(-c4ccccc4)c3)cc21)c1ccccc1)c1ccccc1. The number of fused-ring (bicyclic) bond motifs is 16. The first-order valence-electron chi connectivity index (χ1n) is 25.8. The van der Waals surface area contributed by atoms with E-state index >= 15 is 0 Å². The van der Waals surface area contributed by atoms with Crippen molar-refractivity contribution in [3.63, 3.8) is 0 Å². The molecular weight excluding hydrogens is 913 g/mol. The fraction of sp³-hybridized carbons (Fsp3) is 0.0429. The molecule has 5 heteroatoms. The second-order valence-corrected chi connectivity index (χ2v) is 20.0. The number of benzene rings is 10. The van der Waals surface area contributed by atoms with E-state index in [0.717, 1.165) is 61.9 Å². The van der Waals surface area contributed by atoms with Crippen molar-refractivity contribution in [2.45, 2.75) is 11.3 Å². The largest absolute Gasteiger partial charge is 0.456 e. The fourth-order valence-corrected chi connectivity index (χ4v) is 13.0. The number of para-hydroxylation sites is 3. The van der Waals surface area contributed by atoms with E-state index in [1.54, 1.807) is 0 Å². The number of furan rings is 1. The highest BCUT2D eigenvalue weighted by atomic mass is 16.3. The summed E-state index contributed by atoms with van der Waals surface area (Å²) in [5.41, 5.74) is 23.9. The van der Waals surface area contributed by atoms with E-state index < -0.39 is 5.41 Å². The van der Waals surface area contributed by atoms with E-state index in [1.165, 1.54) is 60.6 Å². The van der Waals surface area contributed by atoms with Gasteiger partial charge in [-0.3, -0.25) is 10.4 Å². The standard InChI is InChI=1S/C70H48N4O/c71-60(46-21-6-2-7-22-46)44-61(47-23-8-3-9-24-47)72-74-64-33-16-14-31-57(64)70(56-30-13-10-28-53(56)68-59(70)38-40-67-69(68)54-29-12-17-34-66(54)75-67)58-37-35-50(43-65(58)74)49-36-39-63-55(42-49)52-27-11-15-32-62(52)73(63)51-26-18-25-48(41-51)45-19-4-1-5-20-45/h1-44,59,68,71-72H/b61-44-,71-60?. The lowest BCUT2D eigenvalue weighted by Gasteiger charge is -2.48. The van der Waals surface area contributed by atoms with Gasteiger partial charge in [0, 0.05) is 39.2 Å². The van der Waals surface area contributed by atoms with E-state index in [1.807, 2.05) is 42.5 Å². The number of allylic oxidation sites excluding steroid dienone is 2. The Hall–Kier alpha value is -9.71. The molecule has 1 spiro atoms. The van der Waals surface area contributed by atoms with Gasteiger partial charge in [-0.2, -0.15) is 0 Å². The Morgan fingerprint density at radius 3 is 1.96 bits per heavy atom. The molecule has 0 fully saturated rings. The molecule has 12 aromatic rings. The number of nitrogens with zero attached hydrogens (tertiary/aromatic N) is 2. The molecule has 10 aromatic carbocycles. The number of rotatable bonds is 8. The Balaban J connectivity index is 0.952. The molecule has 0 saturated carbocycles. The molecule has 3 aliphatic rings. The van der Waals surface area contributed by atoms with E-state index in [4.69, 9.17) is 4.42 Å². The van der Waals surface area contributed by atoms with Crippen molar-refractivity contribution in [3.05, 3.63) is 306 Å². The minimum Gasteiger partial charge on any atom is -0.456 e. The van der Waals surface area contributed by atoms with Crippen LogP contribution in [0.2, 0.25) is 0 Å². The zero-order chi connectivity index (χ0) is 49.6. The normalized spacial score (nSPS) is 17.2. The number of hydrogen-bond acceptors (Lipinski definition) is 4. The van der Waals surface area contributed by atoms with Gasteiger partial charge in [0.05, 0.1) is 39.2 Å². The second-order valence-electron chi connectivity index (χ2n) is 20.0. The van der Waals surface area contributed by atoms with Gasteiger partial charge < -0.3 is 14.4 Å². The summed E-state index contributed by atoms with van der Waals surface area (Å²) >= 11 is 0. The van der Waals surface area contributed by atoms with Crippen LogP contribution < -0.4 is 10.4 Å². The molecule has 3 heterocycles. The Labute approximate surface area is 435 Å². The van der Waals surface area contributed by atoms with Crippen molar-refractivity contribution in [2.24, 2.45) is 5.92 Å². The van der Waals surface area contributed by atoms with Crippen molar-refractivity contribution < 1.29 is 4.42 Å². The van der Waals surface area contributed by atoms with Crippen LogP contribution in [-0.2, 0) is 5.41 Å². The van der Waals surface area contributed by atoms with Crippen molar-refractivity contribution >= 4 is 61.6 Å². The first kappa shape index (κ1) is 42.9. The summed E-state index contributed by atoms with van der Waals surface area (Å²) in [6.07, 6.45) is 6.64. The number of anilines is 2. The van der Waals surface area contributed by atoms with Gasteiger partial charge in [-0.1, -0.05) is 206 Å². The van der Waals surface area contributed by atoms with Gasteiger partial charge >= 0.3 is 0 Å². The lowest BCUT2D eigenvalue weighted by atomic mass is 9.60. The van der Waals surface area contributed by atoms with E-state index in [2.05, 4.69) is 239 Å². The lowest BCUT2D eigenvalue weighted by Crippen LogP contribution is -2.45. The molecule has 75 heavy (non-hydrogen) atoms. The van der Waals surface area contributed by atoms with Gasteiger partial charge in [0.2, 0.25) is 0 Å². The number of aromatic nitrogens is 1. The van der Waals surface area contributed by atoms with Crippen LogP contribution >= 0.6 is 0 Å². The summed E-state index contributed by atoms with van der Waals surface area (Å²) in [5, 5.41) is 15.3. The van der Waals surface area contributed by atoms with Crippen molar-refractivity contribution in [1.29, 1.82) is 5.41 Å². The van der Waals surface area contributed by atoms with Crippen LogP contribution in [-0.4, -0.2) is 10.3 Å². The van der Waals surface area contributed by atoms with Crippen LogP contribution in [0.25, 0.3) is 72.5 Å². The molecule has 3 atom stereocenters. The maximum atomic E-state index is 9.46. The molecule has 2 N–H and O–H groups in total. The van der Waals surface area contributed by atoms with Gasteiger partial charge in [0.15, 0.2) is 0 Å². The summed E-state index contributed by atoms with van der Waals surface area (Å²) in [7, 11) is 0.